The van der Waals surface area contributed by atoms with Crippen molar-refractivity contribution in [3.8, 4) is 11.8 Å². The van der Waals surface area contributed by atoms with Gasteiger partial charge in [0.25, 0.3) is 0 Å². The molecule has 2 rings (SSSR count). The predicted molar refractivity (Wildman–Crippen MR) is 64.0 cm³/mol. The van der Waals surface area contributed by atoms with Crippen LogP contribution in [-0.2, 0) is 0 Å². The van der Waals surface area contributed by atoms with Gasteiger partial charge in [0.05, 0.1) is 0 Å². The van der Waals surface area contributed by atoms with Crippen molar-refractivity contribution in [3.05, 3.63) is 70.0 Å². The van der Waals surface area contributed by atoms with E-state index in [0.717, 1.165) is 0 Å². The van der Waals surface area contributed by atoms with Crippen LogP contribution in [0.25, 0.3) is 0 Å². The molecule has 2 aromatic rings. The molecule has 0 aliphatic carbocycles. The summed E-state index contributed by atoms with van der Waals surface area (Å²) in [5.74, 6) is -6.31. The van der Waals surface area contributed by atoms with Crippen LogP contribution in [0.5, 0.6) is 0 Å². The summed E-state index contributed by atoms with van der Waals surface area (Å²) in [7, 11) is 0. The Labute approximate surface area is 116 Å². The summed E-state index contributed by atoms with van der Waals surface area (Å²) < 4.78 is 65.6. The molecule has 1 nitrogen and oxygen atoms in total. The van der Waals surface area contributed by atoms with E-state index in [4.69, 9.17) is 0 Å². The number of aldehydes is 1. The Hall–Kier alpha value is -2.68. The lowest BCUT2D eigenvalue weighted by molar-refractivity contribution is 0.112. The smallest absolute Gasteiger partial charge is 0.200 e. The molecule has 0 radical (unpaired) electrons. The molecule has 0 spiro atoms. The fraction of sp³-hybridized carbons (Fsp3) is 0. The Kier molecular flexibility index (Phi) is 4.03. The summed E-state index contributed by atoms with van der Waals surface area (Å²) >= 11 is 0. The van der Waals surface area contributed by atoms with Gasteiger partial charge in [-0.25, -0.2) is 22.0 Å². The van der Waals surface area contributed by atoms with E-state index in [1.54, 1.807) is 0 Å². The van der Waals surface area contributed by atoms with Crippen LogP contribution in [0.2, 0.25) is 0 Å². The van der Waals surface area contributed by atoms with E-state index in [1.165, 1.54) is 24.3 Å². The number of halogens is 5. The standard InChI is InChI=1S/C15H5F5O/c16-11-10(12(17)14(19)15(20)13(11)18)6-5-8-3-1-2-4-9(8)7-21/h1-4,7H. The normalized spacial score (nSPS) is 9.95. The maximum atomic E-state index is 13.4. The Morgan fingerprint density at radius 1 is 0.762 bits per heavy atom. The van der Waals surface area contributed by atoms with Crippen molar-refractivity contribution in [1.29, 1.82) is 0 Å². The molecule has 0 aliphatic heterocycles. The van der Waals surface area contributed by atoms with E-state index in [0.29, 0.717) is 6.29 Å². The first-order valence-electron chi connectivity index (χ1n) is 5.55. The lowest BCUT2D eigenvalue weighted by Gasteiger charge is -2.02. The lowest BCUT2D eigenvalue weighted by atomic mass is 10.1. The summed E-state index contributed by atoms with van der Waals surface area (Å²) in [6.45, 7) is 0. The minimum Gasteiger partial charge on any atom is -0.298 e. The maximum absolute atomic E-state index is 13.4. The summed E-state index contributed by atoms with van der Waals surface area (Å²) in [5, 5.41) is 0. The first-order valence-corrected chi connectivity index (χ1v) is 5.55. The predicted octanol–water partition coefficient (Wildman–Crippen LogP) is 3.59. The van der Waals surface area contributed by atoms with Crippen LogP contribution in [0.1, 0.15) is 21.5 Å². The Morgan fingerprint density at radius 2 is 1.29 bits per heavy atom. The minimum absolute atomic E-state index is 0.108. The van der Waals surface area contributed by atoms with Crippen molar-refractivity contribution in [1.82, 2.24) is 0 Å². The van der Waals surface area contributed by atoms with E-state index < -0.39 is 34.6 Å². The zero-order valence-electron chi connectivity index (χ0n) is 10.2. The molecule has 2 aromatic carbocycles. The molecule has 0 saturated carbocycles. The molecular weight excluding hydrogens is 291 g/mol. The molecule has 0 heterocycles. The highest BCUT2D eigenvalue weighted by molar-refractivity contribution is 5.79. The quantitative estimate of drug-likeness (QED) is 0.258. The van der Waals surface area contributed by atoms with Gasteiger partial charge in [-0.3, -0.25) is 4.79 Å². The van der Waals surface area contributed by atoms with Crippen molar-refractivity contribution in [2.24, 2.45) is 0 Å². The second-order valence-electron chi connectivity index (χ2n) is 3.90. The Bertz CT molecular complexity index is 758. The molecule has 0 bridgehead atoms. The summed E-state index contributed by atoms with van der Waals surface area (Å²) in [6.07, 6.45) is 0.461. The summed E-state index contributed by atoms with van der Waals surface area (Å²) in [6, 6.07) is 5.82. The van der Waals surface area contributed by atoms with Crippen LogP contribution in [-0.4, -0.2) is 6.29 Å². The molecule has 0 fully saturated rings. The Balaban J connectivity index is 2.61. The summed E-state index contributed by atoms with van der Waals surface area (Å²) in [4.78, 5) is 10.7. The zero-order chi connectivity index (χ0) is 15.6. The minimum atomic E-state index is -2.25. The van der Waals surface area contributed by atoms with Crippen LogP contribution in [0.15, 0.2) is 24.3 Å². The van der Waals surface area contributed by atoms with Crippen molar-refractivity contribution in [3.63, 3.8) is 0 Å². The molecule has 0 aliphatic rings. The molecule has 0 atom stereocenters. The molecule has 6 heteroatoms. The highest BCUT2D eigenvalue weighted by Crippen LogP contribution is 2.22. The number of benzene rings is 2. The van der Waals surface area contributed by atoms with Crippen molar-refractivity contribution in [2.75, 3.05) is 0 Å². The summed E-state index contributed by atoms with van der Waals surface area (Å²) in [5.41, 5.74) is -1.00. The number of hydrogen-bond donors (Lipinski definition) is 0. The van der Waals surface area contributed by atoms with Gasteiger partial charge in [-0.15, -0.1) is 0 Å². The average molecular weight is 296 g/mol. The van der Waals surface area contributed by atoms with Gasteiger partial charge in [0.15, 0.2) is 29.6 Å². The largest absolute Gasteiger partial charge is 0.298 e. The fourth-order valence-corrected chi connectivity index (χ4v) is 1.56. The first kappa shape index (κ1) is 14.7. The SMILES string of the molecule is O=Cc1ccccc1C#Cc1c(F)c(F)c(F)c(F)c1F. The van der Waals surface area contributed by atoms with Crippen LogP contribution in [0.3, 0.4) is 0 Å². The molecule has 0 saturated heterocycles. The van der Waals surface area contributed by atoms with E-state index in [2.05, 4.69) is 5.92 Å². The third-order valence-corrected chi connectivity index (χ3v) is 2.62. The monoisotopic (exact) mass is 296 g/mol. The number of carbonyl (C=O) groups is 1. The van der Waals surface area contributed by atoms with Crippen molar-refractivity contribution in [2.45, 2.75) is 0 Å². The lowest BCUT2D eigenvalue weighted by Crippen LogP contribution is -2.04. The molecule has 0 N–H and O–H groups in total. The van der Waals surface area contributed by atoms with E-state index in [9.17, 15) is 26.7 Å². The van der Waals surface area contributed by atoms with E-state index >= 15 is 0 Å². The van der Waals surface area contributed by atoms with Crippen molar-refractivity contribution < 1.29 is 26.7 Å². The number of rotatable bonds is 1. The highest BCUT2D eigenvalue weighted by Gasteiger charge is 2.24. The molecule has 0 amide bonds. The average Bonchev–Trinajstić information content (AvgIpc) is 2.51. The van der Waals surface area contributed by atoms with Crippen LogP contribution in [0, 0.1) is 40.9 Å². The van der Waals surface area contributed by atoms with Gasteiger partial charge in [-0.05, 0) is 6.07 Å². The van der Waals surface area contributed by atoms with Crippen LogP contribution < -0.4 is 0 Å². The third kappa shape index (κ3) is 2.63. The second-order valence-corrected chi connectivity index (χ2v) is 3.90. The Morgan fingerprint density at radius 3 is 1.86 bits per heavy atom. The van der Waals surface area contributed by atoms with E-state index in [1.807, 2.05) is 5.92 Å². The van der Waals surface area contributed by atoms with Gasteiger partial charge in [0.1, 0.15) is 5.56 Å². The van der Waals surface area contributed by atoms with Gasteiger partial charge in [0.2, 0.25) is 5.82 Å². The van der Waals surface area contributed by atoms with Gasteiger partial charge in [0, 0.05) is 11.1 Å². The molecule has 0 unspecified atom stereocenters. The number of hydrogen-bond acceptors (Lipinski definition) is 1. The second kappa shape index (κ2) is 5.75. The van der Waals surface area contributed by atoms with Crippen molar-refractivity contribution >= 4 is 6.29 Å². The molecular formula is C15H5F5O. The first-order chi connectivity index (χ1) is 9.97. The molecule has 106 valence electrons. The zero-order valence-corrected chi connectivity index (χ0v) is 10.2. The van der Waals surface area contributed by atoms with Crippen LogP contribution >= 0.6 is 0 Å². The van der Waals surface area contributed by atoms with Gasteiger partial charge < -0.3 is 0 Å². The number of carbonyl (C=O) groups excluding carboxylic acids is 1. The maximum Gasteiger partial charge on any atom is 0.200 e. The van der Waals surface area contributed by atoms with E-state index in [-0.39, 0.29) is 11.1 Å². The van der Waals surface area contributed by atoms with Crippen LogP contribution in [0.4, 0.5) is 22.0 Å². The molecule has 0 aromatic heterocycles. The molecule has 21 heavy (non-hydrogen) atoms. The van der Waals surface area contributed by atoms with Gasteiger partial charge in [-0.2, -0.15) is 0 Å². The topological polar surface area (TPSA) is 17.1 Å². The highest BCUT2D eigenvalue weighted by atomic mass is 19.2. The van der Waals surface area contributed by atoms with Gasteiger partial charge in [-0.1, -0.05) is 30.0 Å². The fourth-order valence-electron chi connectivity index (χ4n) is 1.56. The third-order valence-electron chi connectivity index (χ3n) is 2.62. The van der Waals surface area contributed by atoms with Gasteiger partial charge >= 0.3 is 0 Å².